The van der Waals surface area contributed by atoms with Crippen LogP contribution in [0.1, 0.15) is 48.1 Å². The Hall–Kier alpha value is -1.71. The second-order valence-corrected chi connectivity index (χ2v) is 7.74. The highest BCUT2D eigenvalue weighted by atomic mass is 127. The van der Waals surface area contributed by atoms with Crippen molar-refractivity contribution in [3.05, 3.63) is 70.5 Å². The molecule has 1 saturated heterocycles. The minimum absolute atomic E-state index is 0. The van der Waals surface area contributed by atoms with E-state index in [1.165, 1.54) is 0 Å². The number of halogens is 2. The van der Waals surface area contributed by atoms with Crippen LogP contribution in [0.4, 0.5) is 4.39 Å². The van der Waals surface area contributed by atoms with E-state index in [0.29, 0.717) is 24.7 Å². The molecule has 0 amide bonds. The van der Waals surface area contributed by atoms with Crippen molar-refractivity contribution in [3.8, 4) is 0 Å². The number of rotatable bonds is 7. The fraction of sp³-hybridized carbons (Fsp3) is 0.458. The summed E-state index contributed by atoms with van der Waals surface area (Å²) in [5.74, 6) is 0.483. The van der Waals surface area contributed by atoms with Crippen LogP contribution in [0, 0.1) is 12.7 Å². The Kier molecular flexibility index (Phi) is 10.7. The summed E-state index contributed by atoms with van der Waals surface area (Å²) < 4.78 is 25.3. The Morgan fingerprint density at radius 1 is 1.19 bits per heavy atom. The van der Waals surface area contributed by atoms with Gasteiger partial charge in [0.1, 0.15) is 5.82 Å². The molecule has 3 rings (SSSR count). The molecule has 0 saturated carbocycles. The fourth-order valence-corrected chi connectivity index (χ4v) is 3.43. The Balaban J connectivity index is 0.00000341. The number of nitrogens with zero attached hydrogens (tertiary/aromatic N) is 1. The van der Waals surface area contributed by atoms with Gasteiger partial charge in [-0.15, -0.1) is 24.0 Å². The van der Waals surface area contributed by atoms with E-state index in [1.807, 2.05) is 19.1 Å². The summed E-state index contributed by atoms with van der Waals surface area (Å²) in [5, 5.41) is 6.65. The highest BCUT2D eigenvalue weighted by Gasteiger charge is 2.14. The van der Waals surface area contributed by atoms with Crippen LogP contribution in [0.2, 0.25) is 0 Å². The Labute approximate surface area is 201 Å². The van der Waals surface area contributed by atoms with Crippen molar-refractivity contribution in [2.75, 3.05) is 20.3 Å². The van der Waals surface area contributed by atoms with Crippen molar-refractivity contribution in [1.29, 1.82) is 0 Å². The molecule has 0 bridgehead atoms. The maximum atomic E-state index is 13.9. The van der Waals surface area contributed by atoms with E-state index in [0.717, 1.165) is 42.7 Å². The maximum Gasteiger partial charge on any atom is 0.191 e. The van der Waals surface area contributed by atoms with Crippen molar-refractivity contribution in [2.45, 2.75) is 52.0 Å². The van der Waals surface area contributed by atoms with E-state index in [-0.39, 0.29) is 41.9 Å². The van der Waals surface area contributed by atoms with E-state index in [2.05, 4.69) is 33.8 Å². The summed E-state index contributed by atoms with van der Waals surface area (Å²) >= 11 is 0. The zero-order valence-electron chi connectivity index (χ0n) is 18.5. The third-order valence-corrected chi connectivity index (χ3v) is 5.38. The van der Waals surface area contributed by atoms with Crippen LogP contribution >= 0.6 is 24.0 Å². The predicted octanol–water partition coefficient (Wildman–Crippen LogP) is 4.87. The number of hydrogen-bond acceptors (Lipinski definition) is 3. The van der Waals surface area contributed by atoms with Crippen LogP contribution in [0.3, 0.4) is 0 Å². The number of guanidine groups is 1. The number of aliphatic imine (C=N–C) groups is 1. The molecule has 2 aromatic rings. The molecule has 1 unspecified atom stereocenters. The summed E-state index contributed by atoms with van der Waals surface area (Å²) in [5.41, 5.74) is 3.84. The van der Waals surface area contributed by atoms with E-state index >= 15 is 0 Å². The third-order valence-electron chi connectivity index (χ3n) is 5.38. The number of benzene rings is 2. The molecular formula is C24H33FIN3O2. The molecule has 1 aliphatic rings. The first kappa shape index (κ1) is 25.5. The Morgan fingerprint density at radius 3 is 2.65 bits per heavy atom. The molecule has 5 nitrogen and oxygen atoms in total. The van der Waals surface area contributed by atoms with Gasteiger partial charge >= 0.3 is 0 Å². The van der Waals surface area contributed by atoms with Crippen molar-refractivity contribution in [3.63, 3.8) is 0 Å². The second-order valence-electron chi connectivity index (χ2n) is 7.74. The summed E-state index contributed by atoms with van der Waals surface area (Å²) in [7, 11) is 1.73. The molecule has 0 radical (unpaired) electrons. The van der Waals surface area contributed by atoms with Gasteiger partial charge in [-0.1, -0.05) is 36.4 Å². The van der Waals surface area contributed by atoms with Crippen molar-refractivity contribution < 1.29 is 13.9 Å². The van der Waals surface area contributed by atoms with Gasteiger partial charge in [-0.2, -0.15) is 0 Å². The molecule has 0 spiro atoms. The van der Waals surface area contributed by atoms with E-state index in [4.69, 9.17) is 9.47 Å². The lowest BCUT2D eigenvalue weighted by atomic mass is 10.1. The fourth-order valence-electron chi connectivity index (χ4n) is 3.43. The molecule has 170 valence electrons. The summed E-state index contributed by atoms with van der Waals surface area (Å²) in [4.78, 5) is 4.29. The molecular weight excluding hydrogens is 508 g/mol. The largest absolute Gasteiger partial charge is 0.381 e. The van der Waals surface area contributed by atoms with Crippen molar-refractivity contribution in [1.82, 2.24) is 10.6 Å². The van der Waals surface area contributed by atoms with Gasteiger partial charge in [-0.25, -0.2) is 4.39 Å². The van der Waals surface area contributed by atoms with E-state index in [9.17, 15) is 4.39 Å². The van der Waals surface area contributed by atoms with E-state index < -0.39 is 0 Å². The Morgan fingerprint density at radius 2 is 1.94 bits per heavy atom. The molecule has 2 aromatic carbocycles. The van der Waals surface area contributed by atoms with Crippen LogP contribution in [0.15, 0.2) is 47.5 Å². The van der Waals surface area contributed by atoms with Gasteiger partial charge in [0.25, 0.3) is 0 Å². The molecule has 7 heteroatoms. The molecule has 2 N–H and O–H groups in total. The maximum absolute atomic E-state index is 13.9. The molecule has 31 heavy (non-hydrogen) atoms. The van der Waals surface area contributed by atoms with Gasteiger partial charge in [0.2, 0.25) is 0 Å². The topological polar surface area (TPSA) is 54.9 Å². The lowest BCUT2D eigenvalue weighted by molar-refractivity contribution is -0.0390. The van der Waals surface area contributed by atoms with Gasteiger partial charge in [-0.3, -0.25) is 4.99 Å². The highest BCUT2D eigenvalue weighted by molar-refractivity contribution is 14.0. The van der Waals surface area contributed by atoms with Crippen molar-refractivity contribution >= 4 is 29.9 Å². The summed E-state index contributed by atoms with van der Waals surface area (Å²) in [6.07, 6.45) is 2.22. The standard InChI is InChI=1S/C24H32FN3O2.HI/c1-17-7-8-21(14-23(17)25)18(2)28-24(26-3)27-15-19-5-4-6-20(13-19)16-30-22-9-11-29-12-10-22;/h4-8,13-14,18,22H,9-12,15-16H2,1-3H3,(H2,26,27,28);1H. The second kappa shape index (κ2) is 13.0. The van der Waals surface area contributed by atoms with E-state index in [1.54, 1.807) is 26.1 Å². The molecule has 1 atom stereocenters. The normalized spacial score (nSPS) is 15.8. The lowest BCUT2D eigenvalue weighted by Crippen LogP contribution is -2.38. The van der Waals surface area contributed by atoms with Gasteiger partial charge in [0, 0.05) is 26.8 Å². The first-order valence-corrected chi connectivity index (χ1v) is 10.6. The highest BCUT2D eigenvalue weighted by Crippen LogP contribution is 2.17. The van der Waals surface area contributed by atoms with Gasteiger partial charge < -0.3 is 20.1 Å². The zero-order valence-corrected chi connectivity index (χ0v) is 20.8. The Bertz CT molecular complexity index is 856. The zero-order chi connectivity index (χ0) is 21.3. The summed E-state index contributed by atoms with van der Waals surface area (Å²) in [6.45, 7) is 6.58. The van der Waals surface area contributed by atoms with Gasteiger partial charge in [-0.05, 0) is 55.0 Å². The average Bonchev–Trinajstić information content (AvgIpc) is 2.78. The predicted molar refractivity (Wildman–Crippen MR) is 133 cm³/mol. The van der Waals surface area contributed by atoms with Crippen molar-refractivity contribution in [2.24, 2.45) is 4.99 Å². The minimum atomic E-state index is -0.191. The van der Waals surface area contributed by atoms with Gasteiger partial charge in [0.05, 0.1) is 18.8 Å². The van der Waals surface area contributed by atoms with Crippen LogP contribution in [-0.4, -0.2) is 32.3 Å². The monoisotopic (exact) mass is 541 g/mol. The van der Waals surface area contributed by atoms with Crippen LogP contribution in [-0.2, 0) is 22.6 Å². The average molecular weight is 541 g/mol. The quantitative estimate of drug-likeness (QED) is 0.298. The van der Waals surface area contributed by atoms with Crippen LogP contribution in [0.25, 0.3) is 0 Å². The first-order valence-electron chi connectivity index (χ1n) is 10.6. The SMILES string of the molecule is CN=C(NCc1cccc(COC2CCOCC2)c1)NC(C)c1ccc(C)c(F)c1.I. The van der Waals surface area contributed by atoms with Crippen LogP contribution < -0.4 is 10.6 Å². The van der Waals surface area contributed by atoms with Crippen LogP contribution in [0.5, 0.6) is 0 Å². The smallest absolute Gasteiger partial charge is 0.191 e. The number of hydrogen-bond donors (Lipinski definition) is 2. The lowest BCUT2D eigenvalue weighted by Gasteiger charge is -2.22. The number of ether oxygens (including phenoxy) is 2. The number of aryl methyl sites for hydroxylation is 1. The minimum Gasteiger partial charge on any atom is -0.381 e. The molecule has 1 fully saturated rings. The molecule has 0 aliphatic carbocycles. The number of nitrogens with one attached hydrogen (secondary N) is 2. The summed E-state index contributed by atoms with van der Waals surface area (Å²) in [6, 6.07) is 13.6. The molecule has 0 aromatic heterocycles. The third kappa shape index (κ3) is 8.05. The molecule has 1 heterocycles. The first-order chi connectivity index (χ1) is 14.5. The van der Waals surface area contributed by atoms with Gasteiger partial charge in [0.15, 0.2) is 5.96 Å². The molecule has 1 aliphatic heterocycles.